The second-order valence-electron chi connectivity index (χ2n) is 5.07. The van der Waals surface area contributed by atoms with Gasteiger partial charge >= 0.3 is 0 Å². The van der Waals surface area contributed by atoms with E-state index in [1.54, 1.807) is 25.3 Å². The number of ether oxygens (including phenoxy) is 1. The van der Waals surface area contributed by atoms with Crippen molar-refractivity contribution in [3.8, 4) is 5.75 Å². The molecule has 20 heavy (non-hydrogen) atoms. The topological polar surface area (TPSA) is 52.3 Å². The SMILES string of the molecule is CCCCCCCCCS(=O)c1cc(OC)ccc1N. The summed E-state index contributed by atoms with van der Waals surface area (Å²) >= 11 is 0. The second kappa shape index (κ2) is 9.81. The van der Waals surface area contributed by atoms with Crippen LogP contribution in [0, 0.1) is 0 Å². The van der Waals surface area contributed by atoms with Gasteiger partial charge in [0.1, 0.15) is 5.75 Å². The Bertz CT molecular complexity index is 421. The number of nitrogens with two attached hydrogens (primary N) is 1. The van der Waals surface area contributed by atoms with Gasteiger partial charge < -0.3 is 10.5 Å². The van der Waals surface area contributed by atoms with Crippen molar-refractivity contribution < 1.29 is 8.95 Å². The Balaban J connectivity index is 2.32. The zero-order chi connectivity index (χ0) is 14.8. The van der Waals surface area contributed by atoms with Gasteiger partial charge in [-0.25, -0.2) is 0 Å². The van der Waals surface area contributed by atoms with E-state index >= 15 is 0 Å². The molecule has 114 valence electrons. The van der Waals surface area contributed by atoms with E-state index in [4.69, 9.17) is 10.5 Å². The van der Waals surface area contributed by atoms with Crippen molar-refractivity contribution in [2.24, 2.45) is 0 Å². The van der Waals surface area contributed by atoms with E-state index in [-0.39, 0.29) is 0 Å². The monoisotopic (exact) mass is 297 g/mol. The minimum atomic E-state index is -1.02. The third-order valence-electron chi connectivity index (χ3n) is 3.40. The molecule has 0 amide bonds. The first-order valence-corrected chi connectivity index (χ1v) is 8.82. The van der Waals surface area contributed by atoms with Gasteiger partial charge in [0, 0.05) is 11.4 Å². The van der Waals surface area contributed by atoms with Gasteiger partial charge in [0.25, 0.3) is 0 Å². The molecule has 1 aromatic carbocycles. The van der Waals surface area contributed by atoms with E-state index in [9.17, 15) is 4.21 Å². The Morgan fingerprint density at radius 1 is 1.10 bits per heavy atom. The van der Waals surface area contributed by atoms with E-state index in [2.05, 4.69) is 6.92 Å². The highest BCUT2D eigenvalue weighted by atomic mass is 32.2. The molecule has 0 aliphatic carbocycles. The van der Waals surface area contributed by atoms with Crippen molar-refractivity contribution in [1.29, 1.82) is 0 Å². The highest BCUT2D eigenvalue weighted by molar-refractivity contribution is 7.85. The molecule has 0 bridgehead atoms. The number of nitrogen functional groups attached to an aromatic ring is 1. The first-order valence-electron chi connectivity index (χ1n) is 7.51. The summed E-state index contributed by atoms with van der Waals surface area (Å²) in [4.78, 5) is 0.704. The molecule has 0 aromatic heterocycles. The van der Waals surface area contributed by atoms with Gasteiger partial charge in [0.15, 0.2) is 0 Å². The summed E-state index contributed by atoms with van der Waals surface area (Å²) in [5.41, 5.74) is 6.47. The summed E-state index contributed by atoms with van der Waals surface area (Å²) in [5, 5.41) is 0. The average Bonchev–Trinajstić information content (AvgIpc) is 2.46. The highest BCUT2D eigenvalue weighted by Gasteiger charge is 2.09. The fraction of sp³-hybridized carbons (Fsp3) is 0.625. The molecular weight excluding hydrogens is 270 g/mol. The lowest BCUT2D eigenvalue weighted by atomic mass is 10.1. The third kappa shape index (κ3) is 5.95. The molecule has 0 fully saturated rings. The van der Waals surface area contributed by atoms with Gasteiger partial charge in [0.05, 0.1) is 22.8 Å². The van der Waals surface area contributed by atoms with Crippen molar-refractivity contribution >= 4 is 16.5 Å². The van der Waals surface area contributed by atoms with Crippen LogP contribution >= 0.6 is 0 Å². The summed E-state index contributed by atoms with van der Waals surface area (Å²) < 4.78 is 17.4. The van der Waals surface area contributed by atoms with Gasteiger partial charge in [-0.05, 0) is 24.6 Å². The fourth-order valence-electron chi connectivity index (χ4n) is 2.14. The maximum absolute atomic E-state index is 12.2. The van der Waals surface area contributed by atoms with Crippen molar-refractivity contribution in [2.45, 2.75) is 56.8 Å². The molecule has 3 nitrogen and oxygen atoms in total. The van der Waals surface area contributed by atoms with Gasteiger partial charge in [-0.2, -0.15) is 0 Å². The van der Waals surface area contributed by atoms with E-state index in [1.165, 1.54) is 32.1 Å². The molecule has 1 aromatic rings. The molecule has 0 heterocycles. The van der Waals surface area contributed by atoms with Gasteiger partial charge in [-0.3, -0.25) is 4.21 Å². The lowest BCUT2D eigenvalue weighted by Crippen LogP contribution is -2.03. The number of hydrogen-bond donors (Lipinski definition) is 1. The van der Waals surface area contributed by atoms with Gasteiger partial charge in [-0.15, -0.1) is 0 Å². The smallest absolute Gasteiger partial charge is 0.120 e. The molecule has 0 aliphatic heterocycles. The Labute approximate surface area is 125 Å². The molecule has 1 rings (SSSR count). The molecule has 0 spiro atoms. The van der Waals surface area contributed by atoms with Crippen molar-refractivity contribution in [1.82, 2.24) is 0 Å². The van der Waals surface area contributed by atoms with Crippen LogP contribution in [-0.2, 0) is 10.8 Å². The number of benzene rings is 1. The molecule has 0 saturated carbocycles. The third-order valence-corrected chi connectivity index (χ3v) is 4.90. The molecule has 0 saturated heterocycles. The maximum atomic E-state index is 12.2. The van der Waals surface area contributed by atoms with Crippen LogP contribution in [0.5, 0.6) is 5.75 Å². The minimum Gasteiger partial charge on any atom is -0.497 e. The summed E-state index contributed by atoms with van der Waals surface area (Å²) in [7, 11) is 0.585. The van der Waals surface area contributed by atoms with Crippen LogP contribution in [0.4, 0.5) is 5.69 Å². The van der Waals surface area contributed by atoms with Crippen LogP contribution in [0.1, 0.15) is 51.9 Å². The minimum absolute atomic E-state index is 0.590. The fourth-order valence-corrected chi connectivity index (χ4v) is 3.40. The van der Waals surface area contributed by atoms with Crippen LogP contribution in [0.3, 0.4) is 0 Å². The van der Waals surface area contributed by atoms with Crippen molar-refractivity contribution in [3.63, 3.8) is 0 Å². The average molecular weight is 297 g/mol. The van der Waals surface area contributed by atoms with Crippen LogP contribution < -0.4 is 10.5 Å². The summed E-state index contributed by atoms with van der Waals surface area (Å²) in [6, 6.07) is 5.34. The van der Waals surface area contributed by atoms with Crippen LogP contribution in [-0.4, -0.2) is 17.1 Å². The quantitative estimate of drug-likeness (QED) is 0.521. The second-order valence-corrected chi connectivity index (χ2v) is 6.61. The molecule has 0 radical (unpaired) electrons. The van der Waals surface area contributed by atoms with Gasteiger partial charge in [0.2, 0.25) is 0 Å². The summed E-state index contributed by atoms with van der Waals surface area (Å²) in [6.45, 7) is 2.22. The largest absolute Gasteiger partial charge is 0.497 e. The Hall–Kier alpha value is -1.03. The Morgan fingerprint density at radius 2 is 1.75 bits per heavy atom. The molecule has 4 heteroatoms. The van der Waals surface area contributed by atoms with E-state index < -0.39 is 10.8 Å². The Kier molecular flexibility index (Phi) is 8.35. The molecule has 1 atom stereocenters. The predicted molar refractivity (Wildman–Crippen MR) is 86.7 cm³/mol. The van der Waals surface area contributed by atoms with Crippen LogP contribution in [0.2, 0.25) is 0 Å². The van der Waals surface area contributed by atoms with E-state index in [0.29, 0.717) is 22.1 Å². The first kappa shape index (κ1) is 17.0. The molecule has 0 aliphatic rings. The number of anilines is 1. The zero-order valence-corrected chi connectivity index (χ0v) is 13.5. The van der Waals surface area contributed by atoms with Crippen LogP contribution in [0.25, 0.3) is 0 Å². The number of methoxy groups -OCH3 is 1. The molecular formula is C16H27NO2S. The zero-order valence-electron chi connectivity index (χ0n) is 12.7. The lowest BCUT2D eigenvalue weighted by Gasteiger charge is -2.08. The normalized spacial score (nSPS) is 12.3. The van der Waals surface area contributed by atoms with Crippen molar-refractivity contribution in [2.75, 3.05) is 18.6 Å². The maximum Gasteiger partial charge on any atom is 0.120 e. The van der Waals surface area contributed by atoms with E-state index in [0.717, 1.165) is 12.8 Å². The van der Waals surface area contributed by atoms with Crippen LogP contribution in [0.15, 0.2) is 23.1 Å². The van der Waals surface area contributed by atoms with Crippen molar-refractivity contribution in [3.05, 3.63) is 18.2 Å². The molecule has 2 N–H and O–H groups in total. The lowest BCUT2D eigenvalue weighted by molar-refractivity contribution is 0.413. The highest BCUT2D eigenvalue weighted by Crippen LogP contribution is 2.23. The standard InChI is InChI=1S/C16H27NO2S/c1-3-4-5-6-7-8-9-12-20(18)16-13-14(19-2)10-11-15(16)17/h10-11,13H,3-9,12,17H2,1-2H3. The number of rotatable bonds is 10. The van der Waals surface area contributed by atoms with Gasteiger partial charge in [-0.1, -0.05) is 45.4 Å². The first-order chi connectivity index (χ1) is 9.69. The predicted octanol–water partition coefficient (Wildman–Crippen LogP) is 4.14. The number of unbranched alkanes of at least 4 members (excludes halogenated alkanes) is 6. The molecule has 1 unspecified atom stereocenters. The van der Waals surface area contributed by atoms with E-state index in [1.807, 2.05) is 0 Å². The summed E-state index contributed by atoms with van der Waals surface area (Å²) in [5.74, 6) is 1.40. The summed E-state index contributed by atoms with van der Waals surface area (Å²) in [6.07, 6.45) is 8.61. The Morgan fingerprint density at radius 3 is 2.40 bits per heavy atom. The number of hydrogen-bond acceptors (Lipinski definition) is 3.